The van der Waals surface area contributed by atoms with Crippen molar-refractivity contribution in [3.05, 3.63) is 35.9 Å². The number of hydrogen-bond donors (Lipinski definition) is 0. The smallest absolute Gasteiger partial charge is 0.400 e. The highest BCUT2D eigenvalue weighted by Gasteiger charge is 2.29. The molecule has 0 unspecified atom stereocenters. The maximum atomic E-state index is 11.7. The van der Waals surface area contributed by atoms with Crippen LogP contribution >= 0.6 is 7.60 Å². The summed E-state index contributed by atoms with van der Waals surface area (Å²) in [7, 11) is 0.236. The molecule has 5 nitrogen and oxygen atoms in total. The second kappa shape index (κ2) is 6.50. The van der Waals surface area contributed by atoms with Crippen molar-refractivity contribution in [2.24, 2.45) is 0 Å². The van der Waals surface area contributed by atoms with Crippen LogP contribution in [-0.2, 0) is 18.4 Å². The van der Waals surface area contributed by atoms with Crippen molar-refractivity contribution >= 4 is 19.2 Å². The normalized spacial score (nSPS) is 11.7. The zero-order valence-corrected chi connectivity index (χ0v) is 11.3. The number of methoxy groups -OCH3 is 1. The van der Waals surface area contributed by atoms with Gasteiger partial charge in [-0.05, 0) is 23.8 Å². The van der Waals surface area contributed by atoms with Crippen LogP contribution in [0, 0.1) is 0 Å². The Balaban J connectivity index is 2.80. The van der Waals surface area contributed by atoms with Crippen molar-refractivity contribution in [2.45, 2.75) is 0 Å². The van der Waals surface area contributed by atoms with Crippen LogP contribution in [0.1, 0.15) is 5.56 Å². The van der Waals surface area contributed by atoms with E-state index >= 15 is 0 Å². The summed E-state index contributed by atoms with van der Waals surface area (Å²) < 4.78 is 25.9. The van der Waals surface area contributed by atoms with Crippen molar-refractivity contribution in [3.8, 4) is 5.75 Å². The van der Waals surface area contributed by atoms with E-state index in [0.29, 0.717) is 0 Å². The van der Waals surface area contributed by atoms with Crippen LogP contribution in [0.5, 0.6) is 5.75 Å². The molecule has 0 bridgehead atoms. The number of rotatable bonds is 6. The summed E-state index contributed by atoms with van der Waals surface area (Å²) in [5, 5.41) is 0. The molecule has 1 rings (SSSR count). The summed E-state index contributed by atoms with van der Waals surface area (Å²) in [6.07, 6.45) is 2.71. The Hall–Kier alpha value is -1.42. The lowest BCUT2D eigenvalue weighted by atomic mass is 10.2. The first-order chi connectivity index (χ1) is 8.55. The first-order valence-electron chi connectivity index (χ1n) is 5.14. The number of allylic oxidation sites excluding steroid dienone is 1. The lowest BCUT2D eigenvalue weighted by Gasteiger charge is -2.08. The molecule has 1 aromatic carbocycles. The standard InChI is InChI=1S/C12H15O5P/c1-15-11-7-4-10(5-8-11)6-9-12(13)18(14,16-2)17-3/h4-9H,1-3H3/b9-6+. The van der Waals surface area contributed by atoms with Crippen LogP contribution < -0.4 is 4.74 Å². The average molecular weight is 270 g/mol. The zero-order chi connectivity index (χ0) is 13.6. The van der Waals surface area contributed by atoms with Gasteiger partial charge < -0.3 is 13.8 Å². The quantitative estimate of drug-likeness (QED) is 0.587. The predicted octanol–water partition coefficient (Wildman–Crippen LogP) is 2.72. The van der Waals surface area contributed by atoms with E-state index in [1.165, 1.54) is 26.4 Å². The SMILES string of the molecule is COc1ccc(/C=C/C(=O)P(=O)(OC)OC)cc1. The minimum Gasteiger partial charge on any atom is -0.497 e. The molecule has 0 aliphatic rings. The van der Waals surface area contributed by atoms with Gasteiger partial charge in [0.2, 0.25) is 0 Å². The van der Waals surface area contributed by atoms with E-state index in [-0.39, 0.29) is 0 Å². The van der Waals surface area contributed by atoms with Crippen LogP contribution in [0.15, 0.2) is 30.3 Å². The van der Waals surface area contributed by atoms with Gasteiger partial charge in [-0.1, -0.05) is 18.2 Å². The van der Waals surface area contributed by atoms with E-state index < -0.39 is 13.1 Å². The highest BCUT2D eigenvalue weighted by atomic mass is 31.2. The monoisotopic (exact) mass is 270 g/mol. The number of ether oxygens (including phenoxy) is 1. The molecule has 0 N–H and O–H groups in total. The summed E-state index contributed by atoms with van der Waals surface area (Å²) in [6.45, 7) is 0. The highest BCUT2D eigenvalue weighted by Crippen LogP contribution is 2.47. The molecule has 0 aliphatic carbocycles. The molecule has 0 atom stereocenters. The van der Waals surface area contributed by atoms with E-state index in [1.807, 2.05) is 0 Å². The molecule has 0 heterocycles. The number of carbonyl (C=O) groups is 1. The summed E-state index contributed by atoms with van der Waals surface area (Å²) in [4.78, 5) is 11.6. The van der Waals surface area contributed by atoms with Crippen molar-refractivity contribution in [1.82, 2.24) is 0 Å². The fourth-order valence-corrected chi connectivity index (χ4v) is 1.99. The number of carbonyl (C=O) groups excluding carboxylic acids is 1. The molecule has 0 saturated carbocycles. The third-order valence-electron chi connectivity index (χ3n) is 2.28. The zero-order valence-electron chi connectivity index (χ0n) is 10.5. The van der Waals surface area contributed by atoms with Crippen LogP contribution in [-0.4, -0.2) is 26.9 Å². The molecule has 0 aromatic heterocycles. The van der Waals surface area contributed by atoms with Gasteiger partial charge in [0.25, 0.3) is 5.52 Å². The van der Waals surface area contributed by atoms with Crippen LogP contribution in [0.2, 0.25) is 0 Å². The van der Waals surface area contributed by atoms with Gasteiger partial charge in [-0.15, -0.1) is 0 Å². The molecular formula is C12H15O5P. The maximum Gasteiger partial charge on any atom is 0.400 e. The third kappa shape index (κ3) is 3.53. The molecular weight excluding hydrogens is 255 g/mol. The Morgan fingerprint density at radius 2 is 1.67 bits per heavy atom. The van der Waals surface area contributed by atoms with Gasteiger partial charge in [0.15, 0.2) is 0 Å². The molecule has 0 fully saturated rings. The lowest BCUT2D eigenvalue weighted by Crippen LogP contribution is -1.99. The van der Waals surface area contributed by atoms with Gasteiger partial charge in [0.1, 0.15) is 5.75 Å². The Kier molecular flexibility index (Phi) is 5.28. The van der Waals surface area contributed by atoms with Crippen molar-refractivity contribution in [1.29, 1.82) is 0 Å². The minimum absolute atomic E-state index is 0.691. The van der Waals surface area contributed by atoms with E-state index in [1.54, 1.807) is 31.4 Å². The second-order valence-corrected chi connectivity index (χ2v) is 5.47. The molecule has 18 heavy (non-hydrogen) atoms. The fourth-order valence-electron chi connectivity index (χ4n) is 1.23. The van der Waals surface area contributed by atoms with Gasteiger partial charge in [0, 0.05) is 14.2 Å². The summed E-state index contributed by atoms with van der Waals surface area (Å²) in [5.74, 6) is 0.720. The molecule has 0 aliphatic heterocycles. The topological polar surface area (TPSA) is 61.8 Å². The number of hydrogen-bond acceptors (Lipinski definition) is 5. The Morgan fingerprint density at radius 1 is 1.11 bits per heavy atom. The van der Waals surface area contributed by atoms with Gasteiger partial charge in [0.05, 0.1) is 7.11 Å². The van der Waals surface area contributed by atoms with Crippen molar-refractivity contribution in [3.63, 3.8) is 0 Å². The number of benzene rings is 1. The summed E-state index contributed by atoms with van der Waals surface area (Å²) in [5.41, 5.74) is 0.0891. The Labute approximate surface area is 106 Å². The summed E-state index contributed by atoms with van der Waals surface area (Å²) in [6, 6.07) is 7.06. The predicted molar refractivity (Wildman–Crippen MR) is 68.7 cm³/mol. The van der Waals surface area contributed by atoms with Crippen LogP contribution in [0.4, 0.5) is 0 Å². The molecule has 0 amide bonds. The van der Waals surface area contributed by atoms with Crippen LogP contribution in [0.3, 0.4) is 0 Å². The van der Waals surface area contributed by atoms with Crippen molar-refractivity contribution in [2.75, 3.05) is 21.3 Å². The Bertz CT molecular complexity index is 470. The largest absolute Gasteiger partial charge is 0.497 e. The first kappa shape index (κ1) is 14.6. The molecule has 6 heteroatoms. The van der Waals surface area contributed by atoms with E-state index in [0.717, 1.165) is 11.3 Å². The fraction of sp³-hybridized carbons (Fsp3) is 0.250. The molecule has 1 aromatic rings. The maximum absolute atomic E-state index is 11.7. The molecule has 0 saturated heterocycles. The minimum atomic E-state index is -3.67. The van der Waals surface area contributed by atoms with Gasteiger partial charge >= 0.3 is 7.60 Å². The third-order valence-corrected chi connectivity index (χ3v) is 3.94. The van der Waals surface area contributed by atoms with Gasteiger partial charge in [-0.2, -0.15) is 0 Å². The lowest BCUT2D eigenvalue weighted by molar-refractivity contribution is -0.109. The summed E-state index contributed by atoms with van der Waals surface area (Å²) >= 11 is 0. The van der Waals surface area contributed by atoms with Gasteiger partial charge in [-0.3, -0.25) is 9.36 Å². The molecule has 98 valence electrons. The highest BCUT2D eigenvalue weighted by molar-refractivity contribution is 7.72. The molecule has 0 radical (unpaired) electrons. The van der Waals surface area contributed by atoms with Crippen LogP contribution in [0.25, 0.3) is 6.08 Å². The average Bonchev–Trinajstić information content (AvgIpc) is 2.44. The van der Waals surface area contributed by atoms with E-state index in [2.05, 4.69) is 9.05 Å². The van der Waals surface area contributed by atoms with Crippen molar-refractivity contribution < 1.29 is 23.1 Å². The van der Waals surface area contributed by atoms with E-state index in [4.69, 9.17) is 4.74 Å². The van der Waals surface area contributed by atoms with Gasteiger partial charge in [-0.25, -0.2) is 0 Å². The second-order valence-electron chi connectivity index (χ2n) is 3.31. The van der Waals surface area contributed by atoms with E-state index in [9.17, 15) is 9.36 Å². The Morgan fingerprint density at radius 3 is 2.11 bits per heavy atom. The first-order valence-corrected chi connectivity index (χ1v) is 6.68. The molecule has 0 spiro atoms.